The van der Waals surface area contributed by atoms with E-state index >= 15 is 0 Å². The zero-order chi connectivity index (χ0) is 13.3. The highest BCUT2D eigenvalue weighted by Gasteiger charge is 2.31. The van der Waals surface area contributed by atoms with Crippen LogP contribution in [0, 0.1) is 12.8 Å². The van der Waals surface area contributed by atoms with Crippen molar-refractivity contribution in [3.8, 4) is 0 Å². The standard InChI is InChI=1S/C13H21N3O2/c1-8(2)7-11(13(17)18)16-9(3)14-15-12(16)10-5-4-6-10/h8,10-11H,4-7H2,1-3H3,(H,17,18). The second kappa shape index (κ2) is 5.08. The molecule has 18 heavy (non-hydrogen) atoms. The number of hydrogen-bond donors (Lipinski definition) is 1. The minimum Gasteiger partial charge on any atom is -0.480 e. The first-order valence-electron chi connectivity index (χ1n) is 6.65. The topological polar surface area (TPSA) is 68.0 Å². The first-order valence-corrected chi connectivity index (χ1v) is 6.65. The van der Waals surface area contributed by atoms with Crippen LogP contribution in [0.1, 0.15) is 63.1 Å². The highest BCUT2D eigenvalue weighted by Crippen LogP contribution is 2.37. The average molecular weight is 251 g/mol. The number of carboxylic acids is 1. The fourth-order valence-corrected chi connectivity index (χ4v) is 2.48. The number of aryl methyl sites for hydroxylation is 1. The Labute approximate surface area is 107 Å². The molecule has 1 aliphatic carbocycles. The summed E-state index contributed by atoms with van der Waals surface area (Å²) in [5, 5.41) is 17.7. The molecule has 0 radical (unpaired) electrons. The van der Waals surface area contributed by atoms with Crippen molar-refractivity contribution in [1.29, 1.82) is 0 Å². The molecule has 1 aromatic rings. The summed E-state index contributed by atoms with van der Waals surface area (Å²) in [5.74, 6) is 1.53. The van der Waals surface area contributed by atoms with E-state index < -0.39 is 12.0 Å². The third-order valence-corrected chi connectivity index (χ3v) is 3.65. The van der Waals surface area contributed by atoms with Gasteiger partial charge in [-0.15, -0.1) is 10.2 Å². The van der Waals surface area contributed by atoms with E-state index in [4.69, 9.17) is 0 Å². The van der Waals surface area contributed by atoms with Crippen molar-refractivity contribution >= 4 is 5.97 Å². The zero-order valence-electron chi connectivity index (χ0n) is 11.3. The molecule has 1 heterocycles. The van der Waals surface area contributed by atoms with Crippen LogP contribution in [0.4, 0.5) is 0 Å². The quantitative estimate of drug-likeness (QED) is 0.873. The first kappa shape index (κ1) is 13.1. The molecule has 0 spiro atoms. The molecule has 0 amide bonds. The van der Waals surface area contributed by atoms with Crippen molar-refractivity contribution in [2.24, 2.45) is 5.92 Å². The Morgan fingerprint density at radius 2 is 2.11 bits per heavy atom. The summed E-state index contributed by atoms with van der Waals surface area (Å²) < 4.78 is 1.84. The third kappa shape index (κ3) is 2.40. The van der Waals surface area contributed by atoms with E-state index in [1.54, 1.807) is 0 Å². The van der Waals surface area contributed by atoms with Crippen molar-refractivity contribution < 1.29 is 9.90 Å². The van der Waals surface area contributed by atoms with Gasteiger partial charge in [0.05, 0.1) is 0 Å². The monoisotopic (exact) mass is 251 g/mol. The van der Waals surface area contributed by atoms with E-state index in [1.165, 1.54) is 6.42 Å². The molecule has 100 valence electrons. The summed E-state index contributed by atoms with van der Waals surface area (Å²) in [5.41, 5.74) is 0. The van der Waals surface area contributed by atoms with Crippen LogP contribution < -0.4 is 0 Å². The van der Waals surface area contributed by atoms with Crippen molar-refractivity contribution in [2.45, 2.75) is 58.4 Å². The van der Waals surface area contributed by atoms with Crippen molar-refractivity contribution in [3.63, 3.8) is 0 Å². The maximum atomic E-state index is 11.5. The van der Waals surface area contributed by atoms with Gasteiger partial charge in [0.1, 0.15) is 17.7 Å². The van der Waals surface area contributed by atoms with Gasteiger partial charge in [0.25, 0.3) is 0 Å². The Morgan fingerprint density at radius 3 is 2.56 bits per heavy atom. The maximum absolute atomic E-state index is 11.5. The van der Waals surface area contributed by atoms with Crippen LogP contribution in [0.15, 0.2) is 0 Å². The SMILES string of the molecule is Cc1nnc(C2CCC2)n1C(CC(C)C)C(=O)O. The maximum Gasteiger partial charge on any atom is 0.326 e. The predicted octanol–water partition coefficient (Wildman–Crippen LogP) is 2.53. The van der Waals surface area contributed by atoms with Crippen LogP contribution in [0.2, 0.25) is 0 Å². The molecule has 1 saturated carbocycles. The van der Waals surface area contributed by atoms with E-state index in [2.05, 4.69) is 10.2 Å². The van der Waals surface area contributed by atoms with Gasteiger partial charge in [0.2, 0.25) is 0 Å². The minimum absolute atomic E-state index is 0.335. The van der Waals surface area contributed by atoms with E-state index in [1.807, 2.05) is 25.3 Å². The van der Waals surface area contributed by atoms with Gasteiger partial charge >= 0.3 is 5.97 Å². The number of rotatable bonds is 5. The molecule has 0 aliphatic heterocycles. The Kier molecular flexibility index (Phi) is 3.68. The summed E-state index contributed by atoms with van der Waals surface area (Å²) in [6.45, 7) is 5.92. The van der Waals surface area contributed by atoms with Crippen LogP contribution in [-0.2, 0) is 4.79 Å². The molecule has 0 aromatic carbocycles. The molecular weight excluding hydrogens is 230 g/mol. The van der Waals surface area contributed by atoms with Crippen LogP contribution >= 0.6 is 0 Å². The largest absolute Gasteiger partial charge is 0.480 e. The second-order valence-corrected chi connectivity index (χ2v) is 5.59. The molecule has 1 unspecified atom stereocenters. The molecule has 1 aliphatic rings. The average Bonchev–Trinajstić information content (AvgIpc) is 2.54. The van der Waals surface area contributed by atoms with Gasteiger partial charge < -0.3 is 9.67 Å². The second-order valence-electron chi connectivity index (χ2n) is 5.59. The molecule has 1 aromatic heterocycles. The van der Waals surface area contributed by atoms with Crippen LogP contribution in [-0.4, -0.2) is 25.8 Å². The molecule has 0 saturated heterocycles. The fraction of sp³-hybridized carbons (Fsp3) is 0.769. The van der Waals surface area contributed by atoms with Gasteiger partial charge in [0.15, 0.2) is 0 Å². The summed E-state index contributed by atoms with van der Waals surface area (Å²) >= 11 is 0. The van der Waals surface area contributed by atoms with Gasteiger partial charge in [-0.05, 0) is 32.1 Å². The zero-order valence-corrected chi connectivity index (χ0v) is 11.3. The predicted molar refractivity (Wildman–Crippen MR) is 67.5 cm³/mol. The molecule has 2 rings (SSSR count). The van der Waals surface area contributed by atoms with E-state index in [9.17, 15) is 9.90 Å². The molecular formula is C13H21N3O2. The molecule has 1 fully saturated rings. The third-order valence-electron chi connectivity index (χ3n) is 3.65. The number of nitrogens with zero attached hydrogens (tertiary/aromatic N) is 3. The number of carboxylic acid groups (broad SMARTS) is 1. The Bertz CT molecular complexity index is 435. The lowest BCUT2D eigenvalue weighted by molar-refractivity contribution is -0.141. The highest BCUT2D eigenvalue weighted by molar-refractivity contribution is 5.72. The van der Waals surface area contributed by atoms with Crippen LogP contribution in [0.25, 0.3) is 0 Å². The van der Waals surface area contributed by atoms with Gasteiger partial charge in [0, 0.05) is 5.92 Å². The van der Waals surface area contributed by atoms with Crippen LogP contribution in [0.3, 0.4) is 0 Å². The summed E-state index contributed by atoms with van der Waals surface area (Å²) in [6.07, 6.45) is 4.03. The molecule has 5 nitrogen and oxygen atoms in total. The summed E-state index contributed by atoms with van der Waals surface area (Å²) in [6, 6.07) is -0.532. The Hall–Kier alpha value is -1.39. The van der Waals surface area contributed by atoms with Crippen molar-refractivity contribution in [2.75, 3.05) is 0 Å². The van der Waals surface area contributed by atoms with Crippen molar-refractivity contribution in [1.82, 2.24) is 14.8 Å². The lowest BCUT2D eigenvalue weighted by Crippen LogP contribution is -2.26. The first-order chi connectivity index (χ1) is 8.50. The Balaban J connectivity index is 2.33. The van der Waals surface area contributed by atoms with E-state index in [0.29, 0.717) is 24.1 Å². The number of aromatic nitrogens is 3. The molecule has 0 bridgehead atoms. The van der Waals surface area contributed by atoms with Gasteiger partial charge in [-0.3, -0.25) is 0 Å². The van der Waals surface area contributed by atoms with Gasteiger partial charge in [-0.25, -0.2) is 4.79 Å². The highest BCUT2D eigenvalue weighted by atomic mass is 16.4. The van der Waals surface area contributed by atoms with Crippen LogP contribution in [0.5, 0.6) is 0 Å². The summed E-state index contributed by atoms with van der Waals surface area (Å²) in [4.78, 5) is 11.5. The summed E-state index contributed by atoms with van der Waals surface area (Å²) in [7, 11) is 0. The fourth-order valence-electron chi connectivity index (χ4n) is 2.48. The molecule has 1 atom stereocenters. The Morgan fingerprint density at radius 1 is 1.44 bits per heavy atom. The van der Waals surface area contributed by atoms with Crippen molar-refractivity contribution in [3.05, 3.63) is 11.6 Å². The van der Waals surface area contributed by atoms with Gasteiger partial charge in [-0.2, -0.15) is 0 Å². The number of hydrogen-bond acceptors (Lipinski definition) is 3. The smallest absolute Gasteiger partial charge is 0.326 e. The normalized spacial score (nSPS) is 17.8. The van der Waals surface area contributed by atoms with E-state index in [-0.39, 0.29) is 0 Å². The lowest BCUT2D eigenvalue weighted by atomic mass is 9.84. The number of aliphatic carboxylic acids is 1. The molecule has 5 heteroatoms. The molecule has 1 N–H and O–H groups in total. The lowest BCUT2D eigenvalue weighted by Gasteiger charge is -2.27. The minimum atomic E-state index is -0.785. The van der Waals surface area contributed by atoms with E-state index in [0.717, 1.165) is 18.7 Å². The number of carbonyl (C=O) groups is 1. The van der Waals surface area contributed by atoms with Gasteiger partial charge in [-0.1, -0.05) is 20.3 Å².